The van der Waals surface area contributed by atoms with E-state index in [-0.39, 0.29) is 5.82 Å². The molecule has 24 heavy (non-hydrogen) atoms. The summed E-state index contributed by atoms with van der Waals surface area (Å²) < 4.78 is 18.6. The Bertz CT molecular complexity index is 773. The van der Waals surface area contributed by atoms with Crippen molar-refractivity contribution < 1.29 is 28.6 Å². The second kappa shape index (κ2) is 7.91. The van der Waals surface area contributed by atoms with E-state index in [9.17, 15) is 14.0 Å². The Morgan fingerprint density at radius 1 is 1.29 bits per heavy atom. The van der Waals surface area contributed by atoms with Crippen molar-refractivity contribution in [3.8, 4) is 0 Å². The number of aliphatic carboxylic acids is 2. The molecule has 7 nitrogen and oxygen atoms in total. The number of hydrogen-bond donors (Lipinski definition) is 3. The predicted molar refractivity (Wildman–Crippen MR) is 84.6 cm³/mol. The van der Waals surface area contributed by atoms with Gasteiger partial charge in [-0.15, -0.1) is 0 Å². The van der Waals surface area contributed by atoms with Crippen LogP contribution in [0.15, 0.2) is 45.8 Å². The third-order valence-electron chi connectivity index (χ3n) is 3.07. The maximum atomic E-state index is 13.0. The molecule has 1 aromatic heterocycles. The highest BCUT2D eigenvalue weighted by molar-refractivity contribution is 5.89. The fourth-order valence-electron chi connectivity index (χ4n) is 2.07. The molecule has 0 radical (unpaired) electrons. The number of benzene rings is 1. The number of carboxylic acids is 2. The number of rotatable bonds is 4. The zero-order valence-electron chi connectivity index (χ0n) is 12.5. The van der Waals surface area contributed by atoms with Crippen molar-refractivity contribution in [1.29, 1.82) is 0 Å². The first kappa shape index (κ1) is 17.2. The minimum absolute atomic E-state index is 0.234. The van der Waals surface area contributed by atoms with E-state index in [1.807, 2.05) is 6.07 Å². The standard InChI is InChI=1S/C12H11FN2O.C4H4O4/c13-9-1-2-12-8(3-9)4-11(16-12)5-10-6-14-7-15-10;5-3(6)1-2-4(7)8/h1-4,7,10H,5-6H2,(H,14,15);1-2H,(H,5,6)(H,7,8). The molecule has 2 heterocycles. The number of hydrogen-bond acceptors (Lipinski definition) is 5. The fourth-order valence-corrected chi connectivity index (χ4v) is 2.07. The lowest BCUT2D eigenvalue weighted by atomic mass is 10.1. The summed E-state index contributed by atoms with van der Waals surface area (Å²) >= 11 is 0. The number of nitrogens with zero attached hydrogens (tertiary/aromatic N) is 1. The number of halogens is 1. The molecule has 126 valence electrons. The highest BCUT2D eigenvalue weighted by Gasteiger charge is 2.14. The first-order chi connectivity index (χ1) is 11.4. The van der Waals surface area contributed by atoms with Crippen LogP contribution in [-0.4, -0.2) is 41.1 Å². The number of aliphatic imine (C=N–C) groups is 1. The van der Waals surface area contributed by atoms with Gasteiger partial charge in [-0.05, 0) is 24.3 Å². The molecule has 1 aliphatic rings. The summed E-state index contributed by atoms with van der Waals surface area (Å²) in [5, 5.41) is 19.6. The average molecular weight is 334 g/mol. The minimum atomic E-state index is -1.26. The van der Waals surface area contributed by atoms with Crippen molar-refractivity contribution in [3.63, 3.8) is 0 Å². The number of carboxylic acid groups (broad SMARTS) is 2. The van der Waals surface area contributed by atoms with Gasteiger partial charge in [0, 0.05) is 24.0 Å². The molecule has 1 aliphatic heterocycles. The van der Waals surface area contributed by atoms with Gasteiger partial charge in [0.15, 0.2) is 0 Å². The van der Waals surface area contributed by atoms with E-state index in [1.54, 1.807) is 12.4 Å². The van der Waals surface area contributed by atoms with Crippen LogP contribution in [0, 0.1) is 5.82 Å². The van der Waals surface area contributed by atoms with Crippen molar-refractivity contribution in [3.05, 3.63) is 48.0 Å². The van der Waals surface area contributed by atoms with Crippen LogP contribution in [0.25, 0.3) is 11.0 Å². The molecule has 0 amide bonds. The van der Waals surface area contributed by atoms with Gasteiger partial charge in [0.2, 0.25) is 0 Å². The van der Waals surface area contributed by atoms with Crippen LogP contribution < -0.4 is 5.32 Å². The first-order valence-electron chi connectivity index (χ1n) is 7.00. The molecule has 0 spiro atoms. The molecular weight excluding hydrogens is 319 g/mol. The van der Waals surface area contributed by atoms with Crippen LogP contribution in [-0.2, 0) is 16.0 Å². The minimum Gasteiger partial charge on any atom is -0.478 e. The number of furan rings is 1. The van der Waals surface area contributed by atoms with E-state index in [0.29, 0.717) is 18.2 Å². The first-order valence-corrected chi connectivity index (χ1v) is 7.00. The van der Waals surface area contributed by atoms with E-state index in [4.69, 9.17) is 14.6 Å². The van der Waals surface area contributed by atoms with Gasteiger partial charge in [-0.25, -0.2) is 14.0 Å². The van der Waals surface area contributed by atoms with Gasteiger partial charge < -0.3 is 19.9 Å². The van der Waals surface area contributed by atoms with Crippen LogP contribution in [0.1, 0.15) is 5.76 Å². The fraction of sp³-hybridized carbons (Fsp3) is 0.188. The van der Waals surface area contributed by atoms with Crippen LogP contribution in [0.5, 0.6) is 0 Å². The van der Waals surface area contributed by atoms with Gasteiger partial charge in [0.05, 0.1) is 18.9 Å². The van der Waals surface area contributed by atoms with Crippen LogP contribution in [0.2, 0.25) is 0 Å². The molecule has 0 saturated carbocycles. The lowest BCUT2D eigenvalue weighted by Crippen LogP contribution is -2.26. The molecule has 1 unspecified atom stereocenters. The van der Waals surface area contributed by atoms with E-state index in [2.05, 4.69) is 10.3 Å². The second-order valence-electron chi connectivity index (χ2n) is 4.97. The molecule has 3 N–H and O–H groups in total. The maximum absolute atomic E-state index is 13.0. The van der Waals surface area contributed by atoms with E-state index in [1.165, 1.54) is 12.1 Å². The Hall–Kier alpha value is -3.16. The zero-order chi connectivity index (χ0) is 17.5. The molecular formula is C16H15FN2O5. The van der Waals surface area contributed by atoms with Gasteiger partial charge in [-0.3, -0.25) is 4.99 Å². The van der Waals surface area contributed by atoms with Gasteiger partial charge >= 0.3 is 11.9 Å². The predicted octanol–water partition coefficient (Wildman–Crippen LogP) is 1.83. The molecule has 0 fully saturated rings. The van der Waals surface area contributed by atoms with Crippen LogP contribution in [0.3, 0.4) is 0 Å². The Morgan fingerprint density at radius 3 is 2.58 bits per heavy atom. The Labute approximate surface area is 136 Å². The van der Waals surface area contributed by atoms with Gasteiger partial charge in [0.1, 0.15) is 17.2 Å². The van der Waals surface area contributed by atoms with Gasteiger partial charge in [0.25, 0.3) is 0 Å². The summed E-state index contributed by atoms with van der Waals surface area (Å²) in [4.78, 5) is 23.2. The third-order valence-corrected chi connectivity index (χ3v) is 3.07. The van der Waals surface area contributed by atoms with Gasteiger partial charge in [-0.2, -0.15) is 0 Å². The van der Waals surface area contributed by atoms with Crippen LogP contribution >= 0.6 is 0 Å². The Morgan fingerprint density at radius 2 is 2.00 bits per heavy atom. The number of nitrogens with one attached hydrogen (secondary N) is 1. The van der Waals surface area contributed by atoms with Gasteiger partial charge in [-0.1, -0.05) is 0 Å². The lowest BCUT2D eigenvalue weighted by molar-refractivity contribution is -0.134. The summed E-state index contributed by atoms with van der Waals surface area (Å²) in [6, 6.07) is 6.74. The van der Waals surface area contributed by atoms with Crippen molar-refractivity contribution in [2.24, 2.45) is 4.99 Å². The topological polar surface area (TPSA) is 112 Å². The summed E-state index contributed by atoms with van der Waals surface area (Å²) in [6.45, 7) is 0.769. The SMILES string of the molecule is Fc1ccc2oc(CC3CN=CN3)cc2c1.O=C(O)C=CC(=O)O. The second-order valence-corrected chi connectivity index (χ2v) is 4.97. The molecule has 0 bridgehead atoms. The largest absolute Gasteiger partial charge is 0.478 e. The number of carbonyl (C=O) groups is 2. The highest BCUT2D eigenvalue weighted by atomic mass is 19.1. The summed E-state index contributed by atoms with van der Waals surface area (Å²) in [6.07, 6.45) is 3.61. The molecule has 2 aromatic rings. The van der Waals surface area contributed by atoms with Crippen molar-refractivity contribution in [2.75, 3.05) is 6.54 Å². The van der Waals surface area contributed by atoms with Crippen molar-refractivity contribution in [2.45, 2.75) is 12.5 Å². The summed E-state index contributed by atoms with van der Waals surface area (Å²) in [5.41, 5.74) is 0.732. The number of fused-ring (bicyclic) bond motifs is 1. The molecule has 1 atom stereocenters. The molecule has 0 aliphatic carbocycles. The van der Waals surface area contributed by atoms with E-state index < -0.39 is 11.9 Å². The Kier molecular flexibility index (Phi) is 5.67. The third kappa shape index (κ3) is 5.24. The zero-order valence-corrected chi connectivity index (χ0v) is 12.5. The van der Waals surface area contributed by atoms with Crippen LogP contribution in [0.4, 0.5) is 4.39 Å². The maximum Gasteiger partial charge on any atom is 0.328 e. The smallest absolute Gasteiger partial charge is 0.328 e. The molecule has 8 heteroatoms. The summed E-state index contributed by atoms with van der Waals surface area (Å²) in [5.74, 6) is -1.88. The average Bonchev–Trinajstić information content (AvgIpc) is 3.15. The summed E-state index contributed by atoms with van der Waals surface area (Å²) in [7, 11) is 0. The molecule has 1 aromatic carbocycles. The van der Waals surface area contributed by atoms with E-state index >= 15 is 0 Å². The monoisotopic (exact) mass is 334 g/mol. The molecule has 0 saturated heterocycles. The quantitative estimate of drug-likeness (QED) is 0.735. The highest BCUT2D eigenvalue weighted by Crippen LogP contribution is 2.21. The van der Waals surface area contributed by atoms with Crippen molar-refractivity contribution >= 4 is 29.2 Å². The molecule has 3 rings (SSSR count). The lowest BCUT2D eigenvalue weighted by Gasteiger charge is -2.05. The normalized spacial score (nSPS) is 16.0. The van der Waals surface area contributed by atoms with E-state index in [0.717, 1.165) is 29.7 Å². The van der Waals surface area contributed by atoms with Crippen molar-refractivity contribution in [1.82, 2.24) is 5.32 Å². The Balaban J connectivity index is 0.000000224.